The highest BCUT2D eigenvalue weighted by Crippen LogP contribution is 2.27. The molecule has 0 saturated heterocycles. The van der Waals surface area contributed by atoms with E-state index >= 15 is 0 Å². The first-order valence-corrected chi connectivity index (χ1v) is 8.29. The molecule has 0 aliphatic rings. The lowest BCUT2D eigenvalue weighted by Crippen LogP contribution is -2.36. The third kappa shape index (κ3) is 3.88. The molecule has 0 aliphatic heterocycles. The second-order valence-corrected chi connectivity index (χ2v) is 6.30. The molecule has 0 bridgehead atoms. The van der Waals surface area contributed by atoms with Crippen molar-refractivity contribution in [3.8, 4) is 11.5 Å². The lowest BCUT2D eigenvalue weighted by Gasteiger charge is -2.21. The van der Waals surface area contributed by atoms with Crippen LogP contribution in [0.4, 0.5) is 0 Å². The van der Waals surface area contributed by atoms with Gasteiger partial charge in [0.1, 0.15) is 0 Å². The minimum Gasteiger partial charge on any atom is -0.411 e. The topological polar surface area (TPSA) is 59.2 Å². The first-order chi connectivity index (χ1) is 10.5. The van der Waals surface area contributed by atoms with Crippen LogP contribution in [0.1, 0.15) is 26.3 Å². The molecule has 1 heterocycles. The Bertz CT molecular complexity index is 621. The van der Waals surface area contributed by atoms with E-state index in [4.69, 9.17) is 4.42 Å². The summed E-state index contributed by atoms with van der Waals surface area (Å²) in [5.41, 5.74) is 2.06. The zero-order valence-corrected chi connectivity index (χ0v) is 14.2. The van der Waals surface area contributed by atoms with Crippen LogP contribution in [0.2, 0.25) is 0 Å². The third-order valence-electron chi connectivity index (χ3n) is 3.41. The number of nitrogens with zero attached hydrogens (tertiary/aromatic N) is 3. The van der Waals surface area contributed by atoms with Gasteiger partial charge < -0.3 is 9.32 Å². The Labute approximate surface area is 135 Å². The predicted octanol–water partition coefficient (Wildman–Crippen LogP) is 3.39. The summed E-state index contributed by atoms with van der Waals surface area (Å²) in [7, 11) is 0. The maximum absolute atomic E-state index is 12.2. The van der Waals surface area contributed by atoms with Crippen LogP contribution in [0.5, 0.6) is 0 Å². The van der Waals surface area contributed by atoms with Gasteiger partial charge in [-0.05, 0) is 39.8 Å². The molecule has 1 unspecified atom stereocenters. The standard InChI is InChI=1S/C16H21N3O2S/c1-5-19(6-2)15(20)12(4)22-16-18-17-14(21-16)13-9-7-11(3)8-10-13/h7-10,12H,5-6H2,1-4H3. The summed E-state index contributed by atoms with van der Waals surface area (Å²) in [5.74, 6) is 0.565. The number of aryl methyl sites for hydroxylation is 1. The fourth-order valence-corrected chi connectivity index (χ4v) is 2.83. The Morgan fingerprint density at radius 2 is 1.86 bits per heavy atom. The number of carbonyl (C=O) groups excluding carboxylic acids is 1. The van der Waals surface area contributed by atoms with Gasteiger partial charge in [0.2, 0.25) is 11.8 Å². The minimum absolute atomic E-state index is 0.0880. The first kappa shape index (κ1) is 16.5. The van der Waals surface area contributed by atoms with Crippen LogP contribution in [0, 0.1) is 6.92 Å². The summed E-state index contributed by atoms with van der Waals surface area (Å²) in [6, 6.07) is 7.89. The smallest absolute Gasteiger partial charge is 0.277 e. The van der Waals surface area contributed by atoms with Crippen molar-refractivity contribution in [1.29, 1.82) is 0 Å². The molecular formula is C16H21N3O2S. The van der Waals surface area contributed by atoms with Gasteiger partial charge in [-0.25, -0.2) is 0 Å². The molecule has 0 fully saturated rings. The molecule has 1 aromatic carbocycles. The number of carbonyl (C=O) groups is 1. The molecule has 2 aromatic rings. The fourth-order valence-electron chi connectivity index (χ4n) is 2.06. The Hall–Kier alpha value is -1.82. The molecule has 1 atom stereocenters. The lowest BCUT2D eigenvalue weighted by molar-refractivity contribution is -0.129. The Morgan fingerprint density at radius 1 is 1.23 bits per heavy atom. The molecule has 118 valence electrons. The number of hydrogen-bond acceptors (Lipinski definition) is 5. The Kier molecular flexibility index (Phi) is 5.60. The third-order valence-corrected chi connectivity index (χ3v) is 4.33. The second kappa shape index (κ2) is 7.45. The molecule has 1 amide bonds. The van der Waals surface area contributed by atoms with Gasteiger partial charge in [-0.1, -0.05) is 29.5 Å². The van der Waals surface area contributed by atoms with E-state index in [0.717, 1.165) is 5.56 Å². The highest BCUT2D eigenvalue weighted by atomic mass is 32.2. The van der Waals surface area contributed by atoms with Gasteiger partial charge in [0.05, 0.1) is 5.25 Å². The van der Waals surface area contributed by atoms with E-state index in [0.29, 0.717) is 24.2 Å². The van der Waals surface area contributed by atoms with Crippen LogP contribution in [0.25, 0.3) is 11.5 Å². The van der Waals surface area contributed by atoms with Gasteiger partial charge >= 0.3 is 0 Å². The number of hydrogen-bond donors (Lipinski definition) is 0. The highest BCUT2D eigenvalue weighted by molar-refractivity contribution is 8.00. The molecule has 0 saturated carbocycles. The molecule has 2 rings (SSSR count). The zero-order valence-electron chi connectivity index (χ0n) is 13.4. The maximum atomic E-state index is 12.2. The number of benzene rings is 1. The van der Waals surface area contributed by atoms with E-state index in [-0.39, 0.29) is 11.2 Å². The van der Waals surface area contributed by atoms with Gasteiger partial charge in [0.25, 0.3) is 5.22 Å². The van der Waals surface area contributed by atoms with E-state index in [9.17, 15) is 4.79 Å². The van der Waals surface area contributed by atoms with Crippen molar-refractivity contribution in [3.63, 3.8) is 0 Å². The van der Waals surface area contributed by atoms with E-state index < -0.39 is 0 Å². The monoisotopic (exact) mass is 319 g/mol. The number of aromatic nitrogens is 2. The van der Waals surface area contributed by atoms with Gasteiger partial charge in [-0.2, -0.15) is 0 Å². The van der Waals surface area contributed by atoms with Crippen molar-refractivity contribution in [2.24, 2.45) is 0 Å². The average molecular weight is 319 g/mol. The Balaban J connectivity index is 2.05. The second-order valence-electron chi connectivity index (χ2n) is 5.01. The van der Waals surface area contributed by atoms with Gasteiger partial charge in [-0.3, -0.25) is 4.79 Å². The normalized spacial score (nSPS) is 12.2. The molecule has 22 heavy (non-hydrogen) atoms. The molecular weight excluding hydrogens is 298 g/mol. The molecule has 0 aliphatic carbocycles. The molecule has 6 heteroatoms. The summed E-state index contributed by atoms with van der Waals surface area (Å²) in [4.78, 5) is 14.0. The van der Waals surface area contributed by atoms with Crippen molar-refractivity contribution in [1.82, 2.24) is 15.1 Å². The van der Waals surface area contributed by atoms with Crippen molar-refractivity contribution in [2.45, 2.75) is 38.2 Å². The molecule has 0 N–H and O–H groups in total. The van der Waals surface area contributed by atoms with Gasteiger partial charge in [0.15, 0.2) is 0 Å². The van der Waals surface area contributed by atoms with E-state index in [1.165, 1.54) is 17.3 Å². The number of amides is 1. The van der Waals surface area contributed by atoms with Crippen molar-refractivity contribution >= 4 is 17.7 Å². The van der Waals surface area contributed by atoms with Crippen LogP contribution in [0.15, 0.2) is 33.9 Å². The quantitative estimate of drug-likeness (QED) is 0.764. The van der Waals surface area contributed by atoms with Crippen molar-refractivity contribution in [3.05, 3.63) is 29.8 Å². The summed E-state index contributed by atoms with van der Waals surface area (Å²) in [5, 5.41) is 8.25. The predicted molar refractivity (Wildman–Crippen MR) is 87.7 cm³/mol. The van der Waals surface area contributed by atoms with Crippen LogP contribution in [-0.4, -0.2) is 39.3 Å². The van der Waals surface area contributed by atoms with E-state index in [2.05, 4.69) is 10.2 Å². The summed E-state index contributed by atoms with van der Waals surface area (Å²) in [6.07, 6.45) is 0. The molecule has 5 nitrogen and oxygen atoms in total. The number of thioether (sulfide) groups is 1. The van der Waals surface area contributed by atoms with Crippen LogP contribution in [0.3, 0.4) is 0 Å². The van der Waals surface area contributed by atoms with Crippen LogP contribution < -0.4 is 0 Å². The van der Waals surface area contributed by atoms with Crippen LogP contribution >= 0.6 is 11.8 Å². The summed E-state index contributed by atoms with van der Waals surface area (Å²) in [6.45, 7) is 9.25. The Morgan fingerprint density at radius 3 is 2.45 bits per heavy atom. The van der Waals surface area contributed by atoms with Gasteiger partial charge in [0, 0.05) is 18.7 Å². The van der Waals surface area contributed by atoms with Crippen LogP contribution in [-0.2, 0) is 4.79 Å². The minimum atomic E-state index is -0.244. The number of rotatable bonds is 6. The molecule has 1 aromatic heterocycles. The fraction of sp³-hybridized carbons (Fsp3) is 0.438. The van der Waals surface area contributed by atoms with E-state index in [1.807, 2.05) is 52.0 Å². The lowest BCUT2D eigenvalue weighted by atomic mass is 10.1. The zero-order chi connectivity index (χ0) is 16.1. The SMILES string of the molecule is CCN(CC)C(=O)C(C)Sc1nnc(-c2ccc(C)cc2)o1. The van der Waals surface area contributed by atoms with Crippen molar-refractivity contribution in [2.75, 3.05) is 13.1 Å². The first-order valence-electron chi connectivity index (χ1n) is 7.41. The maximum Gasteiger partial charge on any atom is 0.277 e. The summed E-state index contributed by atoms with van der Waals surface area (Å²) < 4.78 is 5.65. The van der Waals surface area contributed by atoms with Crippen molar-refractivity contribution < 1.29 is 9.21 Å². The summed E-state index contributed by atoms with van der Waals surface area (Å²) >= 11 is 1.30. The van der Waals surface area contributed by atoms with E-state index in [1.54, 1.807) is 4.90 Å². The van der Waals surface area contributed by atoms with Gasteiger partial charge in [-0.15, -0.1) is 10.2 Å². The largest absolute Gasteiger partial charge is 0.411 e. The molecule has 0 spiro atoms. The molecule has 0 radical (unpaired) electrons. The highest BCUT2D eigenvalue weighted by Gasteiger charge is 2.22. The average Bonchev–Trinajstić information content (AvgIpc) is 2.97.